The number of hydrogen-bond acceptors (Lipinski definition) is 8. The van der Waals surface area contributed by atoms with Gasteiger partial charge < -0.3 is 19.7 Å². The maximum absolute atomic E-state index is 13.5. The molecule has 1 saturated heterocycles. The van der Waals surface area contributed by atoms with Crippen LogP contribution in [0, 0.1) is 6.92 Å². The van der Waals surface area contributed by atoms with E-state index < -0.39 is 0 Å². The number of carbonyl (C=O) groups is 3. The number of fused-ring (bicyclic) bond motifs is 2. The first kappa shape index (κ1) is 27.8. The van der Waals surface area contributed by atoms with Crippen LogP contribution in [0.5, 0.6) is 0 Å². The van der Waals surface area contributed by atoms with E-state index in [1.807, 2.05) is 31.2 Å². The van der Waals surface area contributed by atoms with Crippen LogP contribution in [0.3, 0.4) is 0 Å². The summed E-state index contributed by atoms with van der Waals surface area (Å²) in [5.41, 5.74) is 4.17. The lowest BCUT2D eigenvalue weighted by molar-refractivity contribution is 0.0789. The Balaban J connectivity index is 0.00000336. The molecule has 1 aliphatic heterocycles. The first-order valence-electron chi connectivity index (χ1n) is 11.9. The van der Waals surface area contributed by atoms with Crippen LogP contribution in [-0.2, 0) is 16.1 Å². The van der Waals surface area contributed by atoms with E-state index >= 15 is 0 Å². The van der Waals surface area contributed by atoms with Crippen molar-refractivity contribution in [1.29, 1.82) is 0 Å². The minimum atomic E-state index is -0.381. The summed E-state index contributed by atoms with van der Waals surface area (Å²) in [7, 11) is 3.30. The topological polar surface area (TPSA) is 97.8 Å². The summed E-state index contributed by atoms with van der Waals surface area (Å²) in [4.78, 5) is 45.0. The number of ketones is 1. The number of pyridine rings is 1. The number of nitrogens with zero attached hydrogens (tertiary/aromatic N) is 2. The molecule has 0 atom stereocenters. The van der Waals surface area contributed by atoms with Gasteiger partial charge in [0.2, 0.25) is 0 Å². The second-order valence-corrected chi connectivity index (χ2v) is 10.1. The van der Waals surface area contributed by atoms with E-state index in [1.54, 1.807) is 26.4 Å². The molecule has 2 aromatic heterocycles. The summed E-state index contributed by atoms with van der Waals surface area (Å²) in [5.74, 6) is -0.256. The first-order chi connectivity index (χ1) is 17.9. The lowest BCUT2D eigenvalue weighted by Crippen LogP contribution is -2.51. The normalized spacial score (nSPS) is 13.3. The van der Waals surface area contributed by atoms with Crippen LogP contribution >= 0.6 is 28.3 Å². The zero-order chi connectivity index (χ0) is 26.3. The first-order valence-corrected chi connectivity index (χ1v) is 12.7. The lowest BCUT2D eigenvalue weighted by Gasteiger charge is -2.40. The monoisotopic (exact) mass is 597 g/mol. The number of halogens is 1. The Hall–Kier alpha value is -3.18. The molecule has 3 heterocycles. The van der Waals surface area contributed by atoms with Crippen molar-refractivity contribution in [3.8, 4) is 0 Å². The standard InChI is InChI=1S/C28H27N3O5S.BrH/c1-15-24-17(14-35-3)8-9-20(16(2)33)26(24)37-25(15)28(34)30-27-18(13-32)10-21-22(29-27)6-5-7-23(21)31-11-19(12-31)36-4;/h5-10,13,19H,11-12,14H2,1-4H3,(H,29,30,34);1H. The van der Waals surface area contributed by atoms with Gasteiger partial charge in [-0.2, -0.15) is 0 Å². The highest BCUT2D eigenvalue weighted by atomic mass is 79.9. The second-order valence-electron chi connectivity index (χ2n) is 9.13. The maximum Gasteiger partial charge on any atom is 0.267 e. The molecular weight excluding hydrogens is 570 g/mol. The number of benzene rings is 2. The van der Waals surface area contributed by atoms with Crippen molar-refractivity contribution in [2.45, 2.75) is 26.6 Å². The number of Topliss-reactive ketones (excluding diaryl/α,β-unsaturated/α-hetero) is 1. The molecule has 1 aliphatic rings. The highest BCUT2D eigenvalue weighted by Crippen LogP contribution is 2.37. The molecule has 10 heteroatoms. The third kappa shape index (κ3) is 4.84. The zero-order valence-electron chi connectivity index (χ0n) is 21.5. The number of aromatic nitrogens is 1. The number of aryl methyl sites for hydroxylation is 1. The van der Waals surface area contributed by atoms with Crippen LogP contribution in [0.15, 0.2) is 36.4 Å². The van der Waals surface area contributed by atoms with Crippen molar-refractivity contribution in [2.75, 3.05) is 37.5 Å². The fourth-order valence-corrected chi connectivity index (χ4v) is 6.12. The molecule has 0 spiro atoms. The quantitative estimate of drug-likeness (QED) is 0.209. The third-order valence-electron chi connectivity index (χ3n) is 6.80. The Kier molecular flexibility index (Phi) is 8.27. The van der Waals surface area contributed by atoms with Gasteiger partial charge in [0.25, 0.3) is 5.91 Å². The molecule has 5 rings (SSSR count). The number of aldehydes is 1. The smallest absolute Gasteiger partial charge is 0.267 e. The molecule has 4 aromatic rings. The Morgan fingerprint density at radius 1 is 1.21 bits per heavy atom. The predicted octanol–water partition coefficient (Wildman–Crippen LogP) is 5.58. The molecule has 8 nitrogen and oxygen atoms in total. The van der Waals surface area contributed by atoms with Gasteiger partial charge in [0.1, 0.15) is 5.82 Å². The number of nitrogens with one attached hydrogen (secondary N) is 1. The van der Waals surface area contributed by atoms with E-state index in [9.17, 15) is 14.4 Å². The third-order valence-corrected chi connectivity index (χ3v) is 8.12. The van der Waals surface area contributed by atoms with Crippen molar-refractivity contribution < 1.29 is 23.9 Å². The van der Waals surface area contributed by atoms with E-state index in [1.165, 1.54) is 18.3 Å². The Morgan fingerprint density at radius 2 is 1.97 bits per heavy atom. The van der Waals surface area contributed by atoms with Gasteiger partial charge in [-0.05, 0) is 49.2 Å². The van der Waals surface area contributed by atoms with Gasteiger partial charge in [-0.25, -0.2) is 4.98 Å². The molecule has 1 amide bonds. The molecule has 0 aliphatic carbocycles. The highest BCUT2D eigenvalue weighted by molar-refractivity contribution is 8.93. The Labute approximate surface area is 234 Å². The lowest BCUT2D eigenvalue weighted by atomic mass is 10.0. The average molecular weight is 599 g/mol. The van der Waals surface area contributed by atoms with Crippen molar-refractivity contribution in [2.24, 2.45) is 0 Å². The molecule has 1 N–H and O–H groups in total. The predicted molar refractivity (Wildman–Crippen MR) is 156 cm³/mol. The van der Waals surface area contributed by atoms with Gasteiger partial charge in [-0.3, -0.25) is 14.4 Å². The number of ether oxygens (including phenoxy) is 2. The average Bonchev–Trinajstić information content (AvgIpc) is 3.21. The van der Waals surface area contributed by atoms with E-state index in [0.29, 0.717) is 34.4 Å². The number of amides is 1. The van der Waals surface area contributed by atoms with Crippen LogP contribution < -0.4 is 10.2 Å². The van der Waals surface area contributed by atoms with Crippen molar-refractivity contribution in [3.63, 3.8) is 0 Å². The van der Waals surface area contributed by atoms with Gasteiger partial charge in [0.05, 0.1) is 28.7 Å². The van der Waals surface area contributed by atoms with Crippen LogP contribution in [0.4, 0.5) is 11.5 Å². The largest absolute Gasteiger partial charge is 0.380 e. The van der Waals surface area contributed by atoms with Gasteiger partial charge in [-0.1, -0.05) is 12.1 Å². The summed E-state index contributed by atoms with van der Waals surface area (Å²) < 4.78 is 11.5. The Morgan fingerprint density at radius 3 is 2.63 bits per heavy atom. The van der Waals surface area contributed by atoms with E-state index in [-0.39, 0.29) is 40.6 Å². The van der Waals surface area contributed by atoms with Crippen molar-refractivity contribution in [1.82, 2.24) is 4.98 Å². The molecule has 38 heavy (non-hydrogen) atoms. The van der Waals surface area contributed by atoms with Crippen LogP contribution in [0.1, 0.15) is 48.4 Å². The van der Waals surface area contributed by atoms with Crippen molar-refractivity contribution in [3.05, 3.63) is 63.5 Å². The van der Waals surface area contributed by atoms with Crippen LogP contribution in [0.2, 0.25) is 0 Å². The van der Waals surface area contributed by atoms with Gasteiger partial charge in [0, 0.05) is 54.0 Å². The van der Waals surface area contributed by atoms with Gasteiger partial charge >= 0.3 is 0 Å². The molecule has 0 saturated carbocycles. The molecule has 0 unspecified atom stereocenters. The molecule has 0 radical (unpaired) electrons. The van der Waals surface area contributed by atoms with Crippen LogP contribution in [-0.4, -0.2) is 56.4 Å². The number of hydrogen-bond donors (Lipinski definition) is 1. The number of methoxy groups -OCH3 is 2. The maximum atomic E-state index is 13.5. The number of thiophene rings is 1. The van der Waals surface area contributed by atoms with Gasteiger partial charge in [-0.15, -0.1) is 28.3 Å². The summed E-state index contributed by atoms with van der Waals surface area (Å²) in [6.07, 6.45) is 0.889. The minimum Gasteiger partial charge on any atom is -0.380 e. The van der Waals surface area contributed by atoms with Gasteiger partial charge in [0.15, 0.2) is 12.1 Å². The van der Waals surface area contributed by atoms with E-state index in [4.69, 9.17) is 9.47 Å². The summed E-state index contributed by atoms with van der Waals surface area (Å²) in [6, 6.07) is 11.2. The Bertz CT molecular complexity index is 1560. The molecule has 2 aromatic carbocycles. The van der Waals surface area contributed by atoms with E-state index in [2.05, 4.69) is 15.2 Å². The SMILES string of the molecule is Br.COCc1ccc(C(C)=O)c2sc(C(=O)Nc3nc4cccc(N5CC(OC)C5)c4cc3C=O)c(C)c12. The second kappa shape index (κ2) is 11.3. The summed E-state index contributed by atoms with van der Waals surface area (Å²) in [5, 5.41) is 4.53. The van der Waals surface area contributed by atoms with Crippen molar-refractivity contribution >= 4 is 78.8 Å². The zero-order valence-corrected chi connectivity index (χ0v) is 24.0. The molecule has 198 valence electrons. The minimum absolute atomic E-state index is 0. The van der Waals surface area contributed by atoms with Crippen LogP contribution in [0.25, 0.3) is 21.0 Å². The summed E-state index contributed by atoms with van der Waals surface area (Å²) in [6.45, 7) is 5.27. The summed E-state index contributed by atoms with van der Waals surface area (Å²) >= 11 is 1.26. The number of carbonyl (C=O) groups excluding carboxylic acids is 3. The molecular formula is C28H28BrN3O5S. The van der Waals surface area contributed by atoms with E-state index in [0.717, 1.165) is 45.4 Å². The fraction of sp³-hybridized carbons (Fsp3) is 0.286. The fourth-order valence-electron chi connectivity index (χ4n) is 4.81. The highest BCUT2D eigenvalue weighted by Gasteiger charge is 2.28. The molecule has 1 fully saturated rings. The number of rotatable bonds is 8. The number of anilines is 2. The molecule has 0 bridgehead atoms.